The van der Waals surface area contributed by atoms with Crippen LogP contribution in [0.2, 0.25) is 0 Å². The number of hydrogen-bond donors (Lipinski definition) is 4. The van der Waals surface area contributed by atoms with Crippen LogP contribution in [0.15, 0.2) is 24.3 Å². The standard InChI is InChI=1S/C23H40N4O5/c1-2-30-15-16-31-17-18-32-21-5-3-20(4-6-21)19-22(23(28)29)27-13-11-25-9-7-24-8-10-26-12-14-27/h3-6,22,24-26H,2,7-19H2,1H3,(H,28,29)/t22-/m1/s1. The Labute approximate surface area is 191 Å². The van der Waals surface area contributed by atoms with Gasteiger partial charge in [-0.1, -0.05) is 12.1 Å². The molecule has 1 heterocycles. The van der Waals surface area contributed by atoms with Crippen LogP contribution in [-0.2, 0) is 20.7 Å². The van der Waals surface area contributed by atoms with E-state index in [1.54, 1.807) is 0 Å². The first-order chi connectivity index (χ1) is 15.7. The summed E-state index contributed by atoms with van der Waals surface area (Å²) in [6.07, 6.45) is 0.456. The van der Waals surface area contributed by atoms with E-state index < -0.39 is 12.0 Å². The van der Waals surface area contributed by atoms with Gasteiger partial charge in [-0.25, -0.2) is 0 Å². The van der Waals surface area contributed by atoms with Gasteiger partial charge in [-0.15, -0.1) is 0 Å². The topological polar surface area (TPSA) is 104 Å². The summed E-state index contributed by atoms with van der Waals surface area (Å²) < 4.78 is 16.4. The van der Waals surface area contributed by atoms with Gasteiger partial charge < -0.3 is 35.3 Å². The molecule has 0 radical (unpaired) electrons. The summed E-state index contributed by atoms with van der Waals surface area (Å²) in [4.78, 5) is 14.1. The van der Waals surface area contributed by atoms with Crippen molar-refractivity contribution < 1.29 is 24.1 Å². The highest BCUT2D eigenvalue weighted by atomic mass is 16.5. The molecule has 1 fully saturated rings. The molecule has 0 saturated carbocycles. The van der Waals surface area contributed by atoms with E-state index in [0.717, 1.165) is 50.6 Å². The molecule has 2 rings (SSSR count). The molecule has 9 nitrogen and oxygen atoms in total. The molecule has 0 spiro atoms. The summed E-state index contributed by atoms with van der Waals surface area (Å²) in [5, 5.41) is 20.0. The van der Waals surface area contributed by atoms with Crippen LogP contribution in [0, 0.1) is 0 Å². The lowest BCUT2D eigenvalue weighted by molar-refractivity contribution is -0.143. The zero-order valence-corrected chi connectivity index (χ0v) is 19.3. The van der Waals surface area contributed by atoms with Crippen LogP contribution in [0.5, 0.6) is 5.75 Å². The van der Waals surface area contributed by atoms with Crippen LogP contribution in [-0.4, -0.2) is 107 Å². The van der Waals surface area contributed by atoms with Crippen molar-refractivity contribution >= 4 is 5.97 Å². The lowest BCUT2D eigenvalue weighted by Crippen LogP contribution is -2.49. The molecule has 1 saturated heterocycles. The van der Waals surface area contributed by atoms with Gasteiger partial charge in [0, 0.05) is 59.0 Å². The number of rotatable bonds is 12. The molecule has 1 atom stereocenters. The molecule has 9 heteroatoms. The molecule has 1 aliphatic heterocycles. The number of carbonyl (C=O) groups is 1. The minimum absolute atomic E-state index is 0.456. The number of aliphatic carboxylic acids is 1. The van der Waals surface area contributed by atoms with Crippen molar-refractivity contribution in [1.29, 1.82) is 0 Å². The van der Waals surface area contributed by atoms with Gasteiger partial charge in [-0.05, 0) is 31.0 Å². The first-order valence-electron chi connectivity index (χ1n) is 11.7. The number of carboxylic acids is 1. The summed E-state index contributed by atoms with van der Waals surface area (Å²) in [5.74, 6) is -0.0364. The fourth-order valence-corrected chi connectivity index (χ4v) is 3.50. The Morgan fingerprint density at radius 2 is 1.47 bits per heavy atom. The van der Waals surface area contributed by atoms with Crippen LogP contribution < -0.4 is 20.7 Å². The van der Waals surface area contributed by atoms with E-state index in [-0.39, 0.29) is 0 Å². The Morgan fingerprint density at radius 3 is 2.06 bits per heavy atom. The molecular weight excluding hydrogens is 412 g/mol. The quantitative estimate of drug-likeness (QED) is 0.331. The minimum Gasteiger partial charge on any atom is -0.491 e. The number of benzene rings is 1. The van der Waals surface area contributed by atoms with E-state index in [9.17, 15) is 9.90 Å². The number of carboxylic acid groups (broad SMARTS) is 1. The van der Waals surface area contributed by atoms with Gasteiger partial charge in [0.05, 0.1) is 19.8 Å². The second kappa shape index (κ2) is 16.8. The molecule has 0 aliphatic carbocycles. The lowest BCUT2D eigenvalue weighted by Gasteiger charge is -2.29. The van der Waals surface area contributed by atoms with Crippen LogP contribution in [0.4, 0.5) is 0 Å². The molecule has 0 unspecified atom stereocenters. The summed E-state index contributed by atoms with van der Waals surface area (Å²) >= 11 is 0. The smallest absolute Gasteiger partial charge is 0.321 e. The molecule has 0 bridgehead atoms. The first kappa shape index (κ1) is 26.5. The number of hydrogen-bond acceptors (Lipinski definition) is 8. The molecule has 0 amide bonds. The van der Waals surface area contributed by atoms with E-state index in [1.165, 1.54) is 0 Å². The predicted octanol–water partition coefficient (Wildman–Crippen LogP) is 0.199. The van der Waals surface area contributed by atoms with Crippen LogP contribution in [0.25, 0.3) is 0 Å². The monoisotopic (exact) mass is 452 g/mol. The summed E-state index contributed by atoms with van der Waals surface area (Å²) in [5.41, 5.74) is 0.981. The largest absolute Gasteiger partial charge is 0.491 e. The highest BCUT2D eigenvalue weighted by Gasteiger charge is 2.25. The van der Waals surface area contributed by atoms with Crippen molar-refractivity contribution in [2.24, 2.45) is 0 Å². The minimum atomic E-state index is -0.789. The summed E-state index contributed by atoms with van der Waals surface area (Å²) in [6.45, 7) is 11.3. The highest BCUT2D eigenvalue weighted by molar-refractivity contribution is 5.74. The molecule has 32 heavy (non-hydrogen) atoms. The van der Waals surface area contributed by atoms with Crippen molar-refractivity contribution in [1.82, 2.24) is 20.9 Å². The Balaban J connectivity index is 1.82. The van der Waals surface area contributed by atoms with Crippen molar-refractivity contribution in [3.63, 3.8) is 0 Å². The molecule has 1 aromatic rings. The molecule has 0 aromatic heterocycles. The Kier molecular flexibility index (Phi) is 13.9. The van der Waals surface area contributed by atoms with Crippen molar-refractivity contribution in [2.45, 2.75) is 19.4 Å². The maximum Gasteiger partial charge on any atom is 0.321 e. The maximum absolute atomic E-state index is 12.1. The van der Waals surface area contributed by atoms with E-state index in [1.807, 2.05) is 31.2 Å². The average Bonchev–Trinajstić information content (AvgIpc) is 2.78. The third-order valence-electron chi connectivity index (χ3n) is 5.26. The second-order valence-corrected chi connectivity index (χ2v) is 7.65. The van der Waals surface area contributed by atoms with Gasteiger partial charge in [0.2, 0.25) is 0 Å². The molecule has 1 aromatic carbocycles. The molecular formula is C23H40N4O5. The van der Waals surface area contributed by atoms with Gasteiger partial charge in [0.15, 0.2) is 0 Å². The highest BCUT2D eigenvalue weighted by Crippen LogP contribution is 2.15. The predicted molar refractivity (Wildman–Crippen MR) is 125 cm³/mol. The van der Waals surface area contributed by atoms with Gasteiger partial charge >= 0.3 is 5.97 Å². The van der Waals surface area contributed by atoms with Crippen LogP contribution >= 0.6 is 0 Å². The zero-order chi connectivity index (χ0) is 22.9. The SMILES string of the molecule is CCOCCOCCOc1ccc(C[C@H](C(=O)O)N2CCNCCNCCNCC2)cc1. The fraction of sp³-hybridized carbons (Fsp3) is 0.696. The Bertz CT molecular complexity index is 605. The van der Waals surface area contributed by atoms with Gasteiger partial charge in [0.1, 0.15) is 18.4 Å². The average molecular weight is 453 g/mol. The summed E-state index contributed by atoms with van der Waals surface area (Å²) in [6, 6.07) is 7.10. The van der Waals surface area contributed by atoms with Crippen molar-refractivity contribution in [3.8, 4) is 5.75 Å². The van der Waals surface area contributed by atoms with Gasteiger partial charge in [0.25, 0.3) is 0 Å². The Hall–Kier alpha value is -1.75. The van der Waals surface area contributed by atoms with Crippen LogP contribution in [0.3, 0.4) is 0 Å². The van der Waals surface area contributed by atoms with Gasteiger partial charge in [-0.2, -0.15) is 0 Å². The second-order valence-electron chi connectivity index (χ2n) is 7.65. The molecule has 4 N–H and O–H groups in total. The van der Waals surface area contributed by atoms with Crippen LogP contribution in [0.1, 0.15) is 12.5 Å². The van der Waals surface area contributed by atoms with Crippen molar-refractivity contribution in [2.75, 3.05) is 85.4 Å². The van der Waals surface area contributed by atoms with E-state index >= 15 is 0 Å². The Morgan fingerprint density at radius 1 is 0.906 bits per heavy atom. The maximum atomic E-state index is 12.1. The number of nitrogens with one attached hydrogen (secondary N) is 3. The van der Waals surface area contributed by atoms with E-state index in [0.29, 0.717) is 52.5 Å². The normalized spacial score (nSPS) is 17.8. The first-order valence-corrected chi connectivity index (χ1v) is 11.7. The molecule has 182 valence electrons. The third kappa shape index (κ3) is 11.2. The third-order valence-corrected chi connectivity index (χ3v) is 5.26. The van der Waals surface area contributed by atoms with Gasteiger partial charge in [-0.3, -0.25) is 9.69 Å². The van der Waals surface area contributed by atoms with E-state index in [2.05, 4.69) is 20.9 Å². The van der Waals surface area contributed by atoms with Crippen molar-refractivity contribution in [3.05, 3.63) is 29.8 Å². The number of nitrogens with zero attached hydrogens (tertiary/aromatic N) is 1. The fourth-order valence-electron chi connectivity index (χ4n) is 3.50. The lowest BCUT2D eigenvalue weighted by atomic mass is 10.0. The zero-order valence-electron chi connectivity index (χ0n) is 19.3. The number of ether oxygens (including phenoxy) is 3. The van der Waals surface area contributed by atoms with E-state index in [4.69, 9.17) is 14.2 Å². The molecule has 1 aliphatic rings. The summed E-state index contributed by atoms with van der Waals surface area (Å²) in [7, 11) is 0.